The van der Waals surface area contributed by atoms with Crippen molar-refractivity contribution in [3.8, 4) is 22.3 Å². The maximum atomic E-state index is 13.9. The molecule has 212 valence electrons. The van der Waals surface area contributed by atoms with Gasteiger partial charge in [0.05, 0.1) is 18.8 Å². The van der Waals surface area contributed by atoms with E-state index in [2.05, 4.69) is 15.1 Å². The number of benzene rings is 1. The Balaban J connectivity index is 1.44. The summed E-state index contributed by atoms with van der Waals surface area (Å²) in [5, 5.41) is 19.3. The predicted octanol–water partition coefficient (Wildman–Crippen LogP) is 6.66. The fourth-order valence-corrected chi connectivity index (χ4v) is 6.03. The molecular weight excluding hydrogens is 548 g/mol. The van der Waals surface area contributed by atoms with Crippen molar-refractivity contribution in [3.63, 3.8) is 0 Å². The Kier molecular flexibility index (Phi) is 7.21. The molecule has 0 bridgehead atoms. The number of fused-ring (bicyclic) bond motifs is 1. The molecule has 1 atom stereocenters. The van der Waals surface area contributed by atoms with Gasteiger partial charge < -0.3 is 10.8 Å². The van der Waals surface area contributed by atoms with Crippen molar-refractivity contribution >= 4 is 23.2 Å². The number of rotatable bonds is 7. The monoisotopic (exact) mass is 577 g/mol. The molecule has 1 unspecified atom stereocenters. The van der Waals surface area contributed by atoms with Crippen LogP contribution in [-0.4, -0.2) is 34.5 Å². The molecule has 1 saturated carbocycles. The van der Waals surface area contributed by atoms with Gasteiger partial charge in [0.1, 0.15) is 5.69 Å². The highest BCUT2D eigenvalue weighted by atomic mass is 35.5. The Morgan fingerprint density at radius 2 is 1.85 bits per heavy atom. The van der Waals surface area contributed by atoms with Gasteiger partial charge in [0, 0.05) is 52.8 Å². The number of nitrogens with two attached hydrogens (primary N) is 1. The molecule has 41 heavy (non-hydrogen) atoms. The van der Waals surface area contributed by atoms with Crippen molar-refractivity contribution in [1.29, 1.82) is 0 Å². The van der Waals surface area contributed by atoms with Crippen LogP contribution in [0.4, 0.5) is 14.7 Å². The lowest BCUT2D eigenvalue weighted by atomic mass is 9.81. The first kappa shape index (κ1) is 27.3. The third kappa shape index (κ3) is 5.41. The normalized spacial score (nSPS) is 15.4. The summed E-state index contributed by atoms with van der Waals surface area (Å²) in [6, 6.07) is 10.3. The zero-order valence-corrected chi connectivity index (χ0v) is 23.3. The first-order valence-electron chi connectivity index (χ1n) is 13.7. The fraction of sp³-hybridized carbons (Fsp3) is 0.333. The van der Waals surface area contributed by atoms with Crippen LogP contribution in [0, 0.1) is 5.92 Å². The number of hydrogen-bond donors (Lipinski definition) is 2. The van der Waals surface area contributed by atoms with Gasteiger partial charge >= 0.3 is 0 Å². The van der Waals surface area contributed by atoms with Crippen molar-refractivity contribution in [2.75, 3.05) is 5.73 Å². The summed E-state index contributed by atoms with van der Waals surface area (Å²) < 4.78 is 31.3. The first-order chi connectivity index (χ1) is 19.7. The summed E-state index contributed by atoms with van der Waals surface area (Å²) in [5.41, 5.74) is 10.9. The summed E-state index contributed by atoms with van der Waals surface area (Å²) in [7, 11) is 0. The zero-order chi connectivity index (χ0) is 28.7. The number of pyridine rings is 2. The number of nitrogen functional groups attached to an aromatic ring is 1. The molecule has 0 amide bonds. The van der Waals surface area contributed by atoms with Gasteiger partial charge in [-0.25, -0.2) is 4.52 Å². The fourth-order valence-electron chi connectivity index (χ4n) is 5.81. The molecule has 1 fully saturated rings. The Bertz CT molecular complexity index is 1690. The second-order valence-electron chi connectivity index (χ2n) is 10.8. The average Bonchev–Trinajstić information content (AvgIpc) is 3.60. The first-order valence-corrected chi connectivity index (χ1v) is 14.0. The van der Waals surface area contributed by atoms with Gasteiger partial charge in [0.25, 0.3) is 5.92 Å². The van der Waals surface area contributed by atoms with Gasteiger partial charge in [-0.05, 0) is 54.2 Å². The van der Waals surface area contributed by atoms with Gasteiger partial charge in [0.15, 0.2) is 5.65 Å². The number of nitrogens with zero attached hydrogens (tertiary/aromatic N) is 6. The molecule has 3 N–H and O–H groups in total. The molecule has 11 heteroatoms. The van der Waals surface area contributed by atoms with E-state index in [1.54, 1.807) is 35.1 Å². The second kappa shape index (κ2) is 10.8. The van der Waals surface area contributed by atoms with Crippen molar-refractivity contribution in [2.24, 2.45) is 5.92 Å². The number of anilines is 1. The van der Waals surface area contributed by atoms with Crippen LogP contribution in [0.5, 0.6) is 0 Å². The van der Waals surface area contributed by atoms with E-state index in [1.165, 1.54) is 12.5 Å². The van der Waals surface area contributed by atoms with Crippen LogP contribution in [0.15, 0.2) is 61.2 Å². The van der Waals surface area contributed by atoms with Crippen LogP contribution >= 0.6 is 11.6 Å². The molecule has 0 saturated heterocycles. The van der Waals surface area contributed by atoms with Gasteiger partial charge in [0.2, 0.25) is 5.95 Å². The van der Waals surface area contributed by atoms with Crippen molar-refractivity contribution in [1.82, 2.24) is 29.4 Å². The number of hydrogen-bond acceptors (Lipinski definition) is 6. The van der Waals surface area contributed by atoms with Gasteiger partial charge in [-0.3, -0.25) is 9.67 Å². The molecular formula is C30H30ClF2N7O. The zero-order valence-electron chi connectivity index (χ0n) is 22.5. The van der Waals surface area contributed by atoms with Crippen molar-refractivity contribution in [2.45, 2.75) is 57.6 Å². The van der Waals surface area contributed by atoms with Gasteiger partial charge in [-0.15, -0.1) is 5.10 Å². The highest BCUT2D eigenvalue weighted by Crippen LogP contribution is 2.39. The molecule has 0 aliphatic heterocycles. The highest BCUT2D eigenvalue weighted by molar-refractivity contribution is 6.33. The summed E-state index contributed by atoms with van der Waals surface area (Å²) >= 11 is 6.59. The Hall–Kier alpha value is -3.89. The minimum atomic E-state index is -3.00. The number of alkyl halides is 2. The quantitative estimate of drug-likeness (QED) is 0.224. The van der Waals surface area contributed by atoms with Crippen molar-refractivity contribution < 1.29 is 13.9 Å². The molecule has 1 aromatic carbocycles. The Morgan fingerprint density at radius 1 is 1.05 bits per heavy atom. The Labute approximate surface area is 240 Å². The van der Waals surface area contributed by atoms with Crippen LogP contribution in [0.3, 0.4) is 0 Å². The molecule has 1 aliphatic carbocycles. The molecule has 0 spiro atoms. The van der Waals surface area contributed by atoms with Crippen LogP contribution < -0.4 is 5.73 Å². The number of halogens is 3. The van der Waals surface area contributed by atoms with E-state index in [9.17, 15) is 13.9 Å². The third-order valence-electron chi connectivity index (χ3n) is 7.85. The minimum Gasteiger partial charge on any atom is -0.392 e. The molecule has 4 aromatic heterocycles. The standard InChI is InChI=1S/C30H30ClF2N7O/c1-30(32,33)26-10-8-20(13-35-26)27(19-5-3-2-4-6-19)39-16-22(14-36-39)21-12-24(28-37-29(34)38-40(28)15-21)23-11-18(17-41)7-9-25(23)31/h7-16,19,27,41H,2-6,17H2,1H3,(H2,34,38). The summed E-state index contributed by atoms with van der Waals surface area (Å²) in [4.78, 5) is 8.52. The van der Waals surface area contributed by atoms with Gasteiger partial charge in [-0.2, -0.15) is 18.9 Å². The van der Waals surface area contributed by atoms with E-state index in [-0.39, 0.29) is 24.3 Å². The van der Waals surface area contributed by atoms with Crippen LogP contribution in [0.1, 0.15) is 61.9 Å². The lowest BCUT2D eigenvalue weighted by Gasteiger charge is -2.31. The van der Waals surface area contributed by atoms with Crippen LogP contribution in [0.2, 0.25) is 5.02 Å². The molecule has 0 radical (unpaired) electrons. The van der Waals surface area contributed by atoms with E-state index < -0.39 is 5.92 Å². The van der Waals surface area contributed by atoms with E-state index >= 15 is 0 Å². The smallest absolute Gasteiger partial charge is 0.286 e. The van der Waals surface area contributed by atoms with E-state index in [1.807, 2.05) is 29.2 Å². The second-order valence-corrected chi connectivity index (χ2v) is 11.2. The summed E-state index contributed by atoms with van der Waals surface area (Å²) in [6.07, 6.45) is 12.6. The minimum absolute atomic E-state index is 0.125. The summed E-state index contributed by atoms with van der Waals surface area (Å²) in [5.74, 6) is -2.57. The molecule has 1 aliphatic rings. The highest BCUT2D eigenvalue weighted by Gasteiger charge is 2.30. The van der Waals surface area contributed by atoms with Crippen LogP contribution in [0.25, 0.3) is 27.9 Å². The van der Waals surface area contributed by atoms with E-state index in [0.29, 0.717) is 33.3 Å². The molecule has 4 heterocycles. The average molecular weight is 578 g/mol. The third-order valence-corrected chi connectivity index (χ3v) is 8.18. The van der Waals surface area contributed by atoms with Crippen molar-refractivity contribution in [3.05, 3.63) is 83.0 Å². The summed E-state index contributed by atoms with van der Waals surface area (Å²) in [6.45, 7) is 0.727. The van der Waals surface area contributed by atoms with E-state index in [4.69, 9.17) is 22.4 Å². The molecule has 6 rings (SSSR count). The predicted molar refractivity (Wildman–Crippen MR) is 154 cm³/mol. The number of aromatic nitrogens is 6. The number of aliphatic hydroxyl groups excluding tert-OH is 1. The van der Waals surface area contributed by atoms with Crippen LogP contribution in [-0.2, 0) is 12.5 Å². The lowest BCUT2D eigenvalue weighted by molar-refractivity contribution is 0.0127. The lowest BCUT2D eigenvalue weighted by Crippen LogP contribution is -2.24. The van der Waals surface area contributed by atoms with E-state index in [0.717, 1.165) is 49.3 Å². The molecule has 5 aromatic rings. The van der Waals surface area contributed by atoms with Gasteiger partial charge in [-0.1, -0.05) is 43.0 Å². The maximum absolute atomic E-state index is 13.9. The molecule has 8 nitrogen and oxygen atoms in total. The topological polar surface area (TPSA) is 107 Å². The largest absolute Gasteiger partial charge is 0.392 e. The Morgan fingerprint density at radius 3 is 2.56 bits per heavy atom. The SMILES string of the molecule is CC(F)(F)c1ccc(C(C2CCCCC2)n2cc(-c3cc(-c4cc(CO)ccc4Cl)c4nc(N)nn4c3)cn2)cn1. The maximum Gasteiger partial charge on any atom is 0.286 e. The number of aliphatic hydroxyl groups is 1.